The molecule has 1 aliphatic heterocycles. The number of benzene rings is 3. The molecule has 3 aromatic rings. The van der Waals surface area contributed by atoms with Gasteiger partial charge in [0.2, 0.25) is 0 Å². The molecule has 7 heteroatoms. The monoisotopic (exact) mass is 464 g/mol. The molecule has 0 bridgehead atoms. The summed E-state index contributed by atoms with van der Waals surface area (Å²) in [5.74, 6) is -0.505. The van der Waals surface area contributed by atoms with Gasteiger partial charge in [0.1, 0.15) is 5.82 Å². The number of hydrogen-bond donors (Lipinski definition) is 2. The fourth-order valence-electron chi connectivity index (χ4n) is 3.91. The molecule has 1 amide bonds. The normalized spacial score (nSPS) is 14.2. The third-order valence-corrected chi connectivity index (χ3v) is 6.04. The summed E-state index contributed by atoms with van der Waals surface area (Å²) in [5, 5.41) is 3.23. The van der Waals surface area contributed by atoms with Crippen molar-refractivity contribution in [2.45, 2.75) is 0 Å². The Morgan fingerprint density at radius 1 is 1.00 bits per heavy atom. The second-order valence-electron chi connectivity index (χ2n) is 8.08. The summed E-state index contributed by atoms with van der Waals surface area (Å²) >= 11 is 5.86. The molecular weight excluding hydrogens is 439 g/mol. The van der Waals surface area contributed by atoms with Crippen LogP contribution in [0.3, 0.4) is 0 Å². The van der Waals surface area contributed by atoms with Crippen LogP contribution in [0, 0.1) is 5.82 Å². The van der Waals surface area contributed by atoms with Gasteiger partial charge in [0, 0.05) is 43.3 Å². The SMILES string of the molecule is C=C(CN1CCN(c2ccc(Cl)cc2F)CC1)c1ccc(C(=O)Nc2ccccc2N)cc1. The van der Waals surface area contributed by atoms with Crippen molar-refractivity contribution in [3.8, 4) is 0 Å². The zero-order valence-corrected chi connectivity index (χ0v) is 19.0. The number of nitrogens with zero attached hydrogens (tertiary/aromatic N) is 2. The molecule has 0 unspecified atom stereocenters. The van der Waals surface area contributed by atoms with Gasteiger partial charge in [-0.3, -0.25) is 9.69 Å². The number of carbonyl (C=O) groups is 1. The predicted molar refractivity (Wildman–Crippen MR) is 134 cm³/mol. The number of nitrogens with two attached hydrogens (primary N) is 1. The van der Waals surface area contributed by atoms with Gasteiger partial charge >= 0.3 is 0 Å². The second-order valence-corrected chi connectivity index (χ2v) is 8.52. The van der Waals surface area contributed by atoms with Crippen molar-refractivity contribution in [3.05, 3.63) is 95.3 Å². The van der Waals surface area contributed by atoms with Crippen molar-refractivity contribution in [3.63, 3.8) is 0 Å². The van der Waals surface area contributed by atoms with E-state index in [0.29, 0.717) is 34.2 Å². The molecule has 4 rings (SSSR count). The molecule has 0 radical (unpaired) electrons. The molecule has 5 nitrogen and oxygen atoms in total. The number of piperazine rings is 1. The van der Waals surface area contributed by atoms with Crippen LogP contribution in [0.25, 0.3) is 5.57 Å². The predicted octanol–water partition coefficient (Wildman–Crippen LogP) is 5.15. The number of para-hydroxylation sites is 2. The third kappa shape index (κ3) is 5.53. The first-order chi connectivity index (χ1) is 15.9. The average Bonchev–Trinajstić information content (AvgIpc) is 2.81. The number of nitrogens with one attached hydrogen (secondary N) is 1. The van der Waals surface area contributed by atoms with Crippen molar-refractivity contribution in [1.29, 1.82) is 0 Å². The van der Waals surface area contributed by atoms with Crippen LogP contribution in [0.5, 0.6) is 0 Å². The summed E-state index contributed by atoms with van der Waals surface area (Å²) in [6.07, 6.45) is 0. The van der Waals surface area contributed by atoms with Crippen LogP contribution >= 0.6 is 11.6 Å². The van der Waals surface area contributed by atoms with Gasteiger partial charge in [-0.1, -0.05) is 42.4 Å². The molecule has 1 aliphatic rings. The zero-order valence-electron chi connectivity index (χ0n) is 18.2. The van der Waals surface area contributed by atoms with E-state index in [-0.39, 0.29) is 11.7 Å². The molecule has 0 aliphatic carbocycles. The first kappa shape index (κ1) is 22.8. The van der Waals surface area contributed by atoms with Crippen molar-refractivity contribution >= 4 is 40.1 Å². The van der Waals surface area contributed by atoms with Crippen LogP contribution < -0.4 is 16.0 Å². The summed E-state index contributed by atoms with van der Waals surface area (Å²) in [7, 11) is 0. The van der Waals surface area contributed by atoms with Gasteiger partial charge < -0.3 is 16.0 Å². The van der Waals surface area contributed by atoms with Crippen LogP contribution in [0.4, 0.5) is 21.5 Å². The number of anilines is 3. The van der Waals surface area contributed by atoms with Crippen LogP contribution in [-0.4, -0.2) is 43.5 Å². The molecular formula is C26H26ClFN4O. The molecule has 0 saturated carbocycles. The Morgan fingerprint density at radius 2 is 1.67 bits per heavy atom. The second kappa shape index (κ2) is 10.1. The highest BCUT2D eigenvalue weighted by atomic mass is 35.5. The van der Waals surface area contributed by atoms with E-state index in [2.05, 4.69) is 16.8 Å². The molecule has 33 heavy (non-hydrogen) atoms. The van der Waals surface area contributed by atoms with Crippen molar-refractivity contribution in [2.24, 2.45) is 0 Å². The van der Waals surface area contributed by atoms with Gasteiger partial charge in [0.25, 0.3) is 5.91 Å². The number of amides is 1. The summed E-state index contributed by atoms with van der Waals surface area (Å²) in [4.78, 5) is 16.9. The minimum absolute atomic E-state index is 0.212. The van der Waals surface area contributed by atoms with E-state index in [1.807, 2.05) is 29.2 Å². The zero-order chi connectivity index (χ0) is 23.4. The number of halogens is 2. The number of rotatable bonds is 6. The fraction of sp³-hybridized carbons (Fsp3) is 0.192. The molecule has 3 aromatic carbocycles. The number of carbonyl (C=O) groups excluding carboxylic acids is 1. The molecule has 0 aromatic heterocycles. The summed E-state index contributed by atoms with van der Waals surface area (Å²) in [5.41, 5.74) is 10.1. The Bertz CT molecular complexity index is 1160. The number of nitrogen functional groups attached to an aromatic ring is 1. The summed E-state index contributed by atoms with van der Waals surface area (Å²) < 4.78 is 14.2. The Labute approximate surface area is 198 Å². The fourth-order valence-corrected chi connectivity index (χ4v) is 4.07. The Balaban J connectivity index is 1.31. The highest BCUT2D eigenvalue weighted by Crippen LogP contribution is 2.25. The smallest absolute Gasteiger partial charge is 0.255 e. The lowest BCUT2D eigenvalue weighted by atomic mass is 10.0. The topological polar surface area (TPSA) is 61.6 Å². The van der Waals surface area contributed by atoms with E-state index in [4.69, 9.17) is 17.3 Å². The first-order valence-corrected chi connectivity index (χ1v) is 11.1. The van der Waals surface area contributed by atoms with Gasteiger partial charge in [0.05, 0.1) is 17.1 Å². The van der Waals surface area contributed by atoms with Crippen molar-refractivity contribution < 1.29 is 9.18 Å². The molecule has 1 heterocycles. The standard InChI is InChI=1S/C26H26ClFN4O/c1-18(17-31-12-14-32(15-13-31)25-11-10-21(27)16-22(25)28)19-6-8-20(9-7-19)26(33)30-24-5-3-2-4-23(24)29/h2-11,16H,1,12-15,17,29H2,(H,30,33). The van der Waals surface area contributed by atoms with Crippen LogP contribution in [0.15, 0.2) is 73.3 Å². The molecule has 1 fully saturated rings. The van der Waals surface area contributed by atoms with E-state index < -0.39 is 0 Å². The average molecular weight is 465 g/mol. The van der Waals surface area contributed by atoms with E-state index >= 15 is 0 Å². The highest BCUT2D eigenvalue weighted by Gasteiger charge is 2.20. The van der Waals surface area contributed by atoms with Gasteiger partial charge in [-0.15, -0.1) is 0 Å². The van der Waals surface area contributed by atoms with Crippen LogP contribution in [-0.2, 0) is 0 Å². The Hall–Kier alpha value is -3.35. The summed E-state index contributed by atoms with van der Waals surface area (Å²) in [6.45, 7) is 8.01. The maximum absolute atomic E-state index is 14.2. The third-order valence-electron chi connectivity index (χ3n) is 5.80. The largest absolute Gasteiger partial charge is 0.397 e. The van der Waals surface area contributed by atoms with E-state index in [1.165, 1.54) is 6.07 Å². The molecule has 1 saturated heterocycles. The minimum Gasteiger partial charge on any atom is -0.397 e. The molecule has 0 atom stereocenters. The van der Waals surface area contributed by atoms with Crippen LogP contribution in [0.2, 0.25) is 5.02 Å². The minimum atomic E-state index is -0.292. The lowest BCUT2D eigenvalue weighted by Gasteiger charge is -2.36. The maximum Gasteiger partial charge on any atom is 0.255 e. The molecule has 0 spiro atoms. The lowest BCUT2D eigenvalue weighted by Crippen LogP contribution is -2.47. The molecule has 3 N–H and O–H groups in total. The summed E-state index contributed by atoms with van der Waals surface area (Å²) in [6, 6.07) is 19.3. The quantitative estimate of drug-likeness (QED) is 0.495. The van der Waals surface area contributed by atoms with Gasteiger partial charge in [-0.05, 0) is 53.6 Å². The first-order valence-electron chi connectivity index (χ1n) is 10.8. The van der Waals surface area contributed by atoms with Gasteiger partial charge in [0.15, 0.2) is 0 Å². The number of hydrogen-bond acceptors (Lipinski definition) is 4. The Kier molecular flexibility index (Phi) is 6.96. The highest BCUT2D eigenvalue weighted by molar-refractivity contribution is 6.30. The lowest BCUT2D eigenvalue weighted by molar-refractivity contribution is 0.102. The van der Waals surface area contributed by atoms with E-state index in [1.54, 1.807) is 36.4 Å². The maximum atomic E-state index is 14.2. The van der Waals surface area contributed by atoms with Gasteiger partial charge in [-0.25, -0.2) is 4.39 Å². The van der Waals surface area contributed by atoms with Crippen LogP contribution in [0.1, 0.15) is 15.9 Å². The van der Waals surface area contributed by atoms with Gasteiger partial charge in [-0.2, -0.15) is 0 Å². The Morgan fingerprint density at radius 3 is 2.33 bits per heavy atom. The van der Waals surface area contributed by atoms with Crippen molar-refractivity contribution in [1.82, 2.24) is 4.90 Å². The van der Waals surface area contributed by atoms with E-state index in [9.17, 15) is 9.18 Å². The van der Waals surface area contributed by atoms with Crippen molar-refractivity contribution in [2.75, 3.05) is 48.7 Å². The molecule has 170 valence electrons. The van der Waals surface area contributed by atoms with E-state index in [0.717, 1.165) is 37.3 Å².